The van der Waals surface area contributed by atoms with E-state index in [1.807, 2.05) is 45.0 Å². The van der Waals surface area contributed by atoms with Gasteiger partial charge in [-0.25, -0.2) is 4.79 Å². The molecule has 1 unspecified atom stereocenters. The predicted molar refractivity (Wildman–Crippen MR) is 80.0 cm³/mol. The van der Waals surface area contributed by atoms with Crippen molar-refractivity contribution in [1.29, 1.82) is 0 Å². The fourth-order valence-corrected chi connectivity index (χ4v) is 1.90. The second kappa shape index (κ2) is 7.17. The summed E-state index contributed by atoms with van der Waals surface area (Å²) in [6.45, 7) is 7.66. The Hall–Kier alpha value is -1.71. The van der Waals surface area contributed by atoms with Crippen molar-refractivity contribution >= 4 is 6.09 Å². The molecule has 0 spiro atoms. The topological polar surface area (TPSA) is 47.6 Å². The molecular weight excluding hydrogens is 254 g/mol. The maximum absolute atomic E-state index is 11.9. The van der Waals surface area contributed by atoms with E-state index in [9.17, 15) is 4.79 Å². The number of carbonyl (C=O) groups is 1. The van der Waals surface area contributed by atoms with Crippen molar-refractivity contribution in [2.45, 2.75) is 52.2 Å². The van der Waals surface area contributed by atoms with E-state index in [2.05, 4.69) is 12.2 Å². The third kappa shape index (κ3) is 5.51. The van der Waals surface area contributed by atoms with E-state index >= 15 is 0 Å². The summed E-state index contributed by atoms with van der Waals surface area (Å²) in [5.74, 6) is 0.807. The molecule has 0 heterocycles. The molecule has 0 aliphatic carbocycles. The zero-order valence-corrected chi connectivity index (χ0v) is 13.0. The first-order valence-electron chi connectivity index (χ1n) is 6.99. The fraction of sp³-hybridized carbons (Fsp3) is 0.562. The van der Waals surface area contributed by atoms with Gasteiger partial charge in [0.15, 0.2) is 0 Å². The lowest BCUT2D eigenvalue weighted by Gasteiger charge is -2.24. The Morgan fingerprint density at radius 3 is 2.30 bits per heavy atom. The summed E-state index contributed by atoms with van der Waals surface area (Å²) >= 11 is 0. The van der Waals surface area contributed by atoms with Crippen molar-refractivity contribution in [3.63, 3.8) is 0 Å². The van der Waals surface area contributed by atoms with Crippen LogP contribution in [-0.2, 0) is 4.74 Å². The van der Waals surface area contributed by atoms with Crippen LogP contribution in [0.15, 0.2) is 24.3 Å². The van der Waals surface area contributed by atoms with Gasteiger partial charge in [0.1, 0.15) is 11.4 Å². The highest BCUT2D eigenvalue weighted by Crippen LogP contribution is 2.22. The van der Waals surface area contributed by atoms with Gasteiger partial charge in [-0.3, -0.25) is 0 Å². The van der Waals surface area contributed by atoms with E-state index < -0.39 is 5.60 Å². The van der Waals surface area contributed by atoms with Gasteiger partial charge in [0.05, 0.1) is 13.2 Å². The van der Waals surface area contributed by atoms with Crippen LogP contribution in [0.2, 0.25) is 0 Å². The first-order valence-corrected chi connectivity index (χ1v) is 6.99. The van der Waals surface area contributed by atoms with Crippen LogP contribution in [0.25, 0.3) is 0 Å². The highest BCUT2D eigenvalue weighted by Gasteiger charge is 2.20. The van der Waals surface area contributed by atoms with Crippen molar-refractivity contribution in [3.8, 4) is 5.75 Å². The number of alkyl carbamates (subject to hydrolysis) is 1. The average molecular weight is 279 g/mol. The lowest BCUT2D eigenvalue weighted by molar-refractivity contribution is 0.0501. The van der Waals surface area contributed by atoms with Crippen molar-refractivity contribution in [1.82, 2.24) is 5.32 Å². The minimum absolute atomic E-state index is 0.0410. The number of rotatable bonds is 5. The van der Waals surface area contributed by atoms with Gasteiger partial charge in [-0.2, -0.15) is 0 Å². The fourth-order valence-electron chi connectivity index (χ4n) is 1.90. The molecule has 0 aromatic heterocycles. The second-order valence-electron chi connectivity index (χ2n) is 5.76. The normalized spacial score (nSPS) is 12.7. The lowest BCUT2D eigenvalue weighted by Crippen LogP contribution is -2.35. The minimum atomic E-state index is -0.485. The van der Waals surface area contributed by atoms with Gasteiger partial charge in [0, 0.05) is 0 Å². The average Bonchev–Trinajstić information content (AvgIpc) is 2.36. The van der Waals surface area contributed by atoms with Crippen LogP contribution in [0.4, 0.5) is 4.79 Å². The molecule has 1 amide bonds. The Kier molecular flexibility index (Phi) is 5.86. The van der Waals surface area contributed by atoms with E-state index in [1.54, 1.807) is 7.11 Å². The molecule has 1 aromatic rings. The quantitative estimate of drug-likeness (QED) is 0.884. The molecular formula is C16H25NO3. The largest absolute Gasteiger partial charge is 0.497 e. The molecule has 4 nitrogen and oxygen atoms in total. The Bertz CT molecular complexity index is 420. The number of ether oxygens (including phenoxy) is 2. The lowest BCUT2D eigenvalue weighted by atomic mass is 10.0. The number of benzene rings is 1. The van der Waals surface area contributed by atoms with Gasteiger partial charge in [-0.05, 0) is 44.9 Å². The first kappa shape index (κ1) is 16.3. The Labute approximate surface area is 121 Å². The number of carbonyl (C=O) groups excluding carboxylic acids is 1. The molecule has 112 valence electrons. The second-order valence-corrected chi connectivity index (χ2v) is 5.76. The van der Waals surface area contributed by atoms with E-state index in [-0.39, 0.29) is 12.1 Å². The molecule has 0 aliphatic heterocycles. The molecule has 20 heavy (non-hydrogen) atoms. The third-order valence-corrected chi connectivity index (χ3v) is 2.79. The monoisotopic (exact) mass is 279 g/mol. The third-order valence-electron chi connectivity index (χ3n) is 2.79. The molecule has 0 saturated carbocycles. The maximum Gasteiger partial charge on any atom is 0.408 e. The van der Waals surface area contributed by atoms with Gasteiger partial charge in [0.2, 0.25) is 0 Å². The van der Waals surface area contributed by atoms with Crippen molar-refractivity contribution in [2.75, 3.05) is 7.11 Å². The molecule has 0 radical (unpaired) electrons. The maximum atomic E-state index is 11.9. The zero-order valence-electron chi connectivity index (χ0n) is 13.0. The SMILES string of the molecule is CCCC(NC(=O)OC(C)(C)C)c1ccc(OC)cc1. The van der Waals surface area contributed by atoms with Crippen LogP contribution >= 0.6 is 0 Å². The number of hydrogen-bond acceptors (Lipinski definition) is 3. The van der Waals surface area contributed by atoms with E-state index in [1.165, 1.54) is 0 Å². The summed E-state index contributed by atoms with van der Waals surface area (Å²) < 4.78 is 10.4. The molecule has 0 bridgehead atoms. The number of amides is 1. The summed E-state index contributed by atoms with van der Waals surface area (Å²) in [6.07, 6.45) is 1.46. The molecule has 1 rings (SSSR count). The molecule has 0 saturated heterocycles. The van der Waals surface area contributed by atoms with Crippen LogP contribution in [0, 0.1) is 0 Å². The van der Waals surface area contributed by atoms with Crippen LogP contribution in [0.1, 0.15) is 52.1 Å². The highest BCUT2D eigenvalue weighted by molar-refractivity contribution is 5.68. The van der Waals surface area contributed by atoms with E-state index in [0.717, 1.165) is 24.2 Å². The van der Waals surface area contributed by atoms with Gasteiger partial charge in [-0.1, -0.05) is 25.5 Å². The van der Waals surface area contributed by atoms with Crippen LogP contribution in [0.5, 0.6) is 5.75 Å². The number of nitrogens with one attached hydrogen (secondary N) is 1. The minimum Gasteiger partial charge on any atom is -0.497 e. The standard InChI is InChI=1S/C16H25NO3/c1-6-7-14(17-15(18)20-16(2,3)4)12-8-10-13(19-5)11-9-12/h8-11,14H,6-7H2,1-5H3,(H,17,18). The van der Waals surface area contributed by atoms with Crippen LogP contribution in [-0.4, -0.2) is 18.8 Å². The van der Waals surface area contributed by atoms with Crippen molar-refractivity contribution in [3.05, 3.63) is 29.8 Å². The predicted octanol–water partition coefficient (Wildman–Crippen LogP) is 4.06. The molecule has 0 fully saturated rings. The van der Waals surface area contributed by atoms with Gasteiger partial charge in [0.25, 0.3) is 0 Å². The highest BCUT2D eigenvalue weighted by atomic mass is 16.6. The van der Waals surface area contributed by atoms with E-state index in [4.69, 9.17) is 9.47 Å². The van der Waals surface area contributed by atoms with Crippen molar-refractivity contribution in [2.24, 2.45) is 0 Å². The smallest absolute Gasteiger partial charge is 0.408 e. The number of methoxy groups -OCH3 is 1. The summed E-state index contributed by atoms with van der Waals surface area (Å²) in [7, 11) is 1.64. The number of hydrogen-bond donors (Lipinski definition) is 1. The zero-order chi connectivity index (χ0) is 15.2. The summed E-state index contributed by atoms with van der Waals surface area (Å²) in [6, 6.07) is 7.69. The van der Waals surface area contributed by atoms with Crippen LogP contribution in [0.3, 0.4) is 0 Å². The molecule has 1 atom stereocenters. The van der Waals surface area contributed by atoms with Gasteiger partial charge < -0.3 is 14.8 Å². The molecule has 1 aromatic carbocycles. The Morgan fingerprint density at radius 2 is 1.85 bits per heavy atom. The summed E-state index contributed by atoms with van der Waals surface area (Å²) in [5.41, 5.74) is 0.569. The van der Waals surface area contributed by atoms with Gasteiger partial charge in [-0.15, -0.1) is 0 Å². The van der Waals surface area contributed by atoms with Gasteiger partial charge >= 0.3 is 6.09 Å². The first-order chi connectivity index (χ1) is 9.35. The Balaban J connectivity index is 2.74. The molecule has 0 aliphatic rings. The van der Waals surface area contributed by atoms with E-state index in [0.29, 0.717) is 0 Å². The Morgan fingerprint density at radius 1 is 1.25 bits per heavy atom. The molecule has 1 N–H and O–H groups in total. The summed E-state index contributed by atoms with van der Waals surface area (Å²) in [5, 5.41) is 2.93. The van der Waals surface area contributed by atoms with Crippen molar-refractivity contribution < 1.29 is 14.3 Å². The summed E-state index contributed by atoms with van der Waals surface area (Å²) in [4.78, 5) is 11.9. The van der Waals surface area contributed by atoms with Crippen LogP contribution < -0.4 is 10.1 Å². The molecule has 4 heteroatoms.